The minimum Gasteiger partial charge on any atom is -0.468 e. The molecule has 0 amide bonds. The molecule has 0 aliphatic carbocycles. The fourth-order valence-electron chi connectivity index (χ4n) is 4.94. The number of carbonyl (C=O) groups is 2. The highest BCUT2D eigenvalue weighted by atomic mass is 16.5. The second-order valence-electron chi connectivity index (χ2n) is 7.66. The molecule has 2 aromatic rings. The number of esters is 1. The van der Waals surface area contributed by atoms with Gasteiger partial charge in [0.1, 0.15) is 5.41 Å². The third-order valence-electron chi connectivity index (χ3n) is 6.21. The zero-order chi connectivity index (χ0) is 18.9. The van der Waals surface area contributed by atoms with E-state index >= 15 is 0 Å². The second kappa shape index (κ2) is 7.28. The van der Waals surface area contributed by atoms with Crippen LogP contribution in [0, 0.1) is 5.41 Å². The van der Waals surface area contributed by atoms with E-state index in [2.05, 4.69) is 17.0 Å². The minimum atomic E-state index is -1.11. The number of ketones is 1. The highest BCUT2D eigenvalue weighted by Gasteiger charge is 2.61. The van der Waals surface area contributed by atoms with E-state index in [1.165, 1.54) is 12.7 Å². The SMILES string of the molecule is COC(=O)[C@@]1(Cc2ccccc2)C(=O)C[C@H]2CC[C@@H]1N2Cc1ccccc1. The first-order valence-electron chi connectivity index (χ1n) is 9.60. The molecular formula is C23H25NO3. The van der Waals surface area contributed by atoms with Crippen molar-refractivity contribution in [2.24, 2.45) is 5.41 Å². The average molecular weight is 363 g/mol. The molecule has 0 unspecified atom stereocenters. The molecule has 2 bridgehead atoms. The number of Topliss-reactive ketones (excluding diaryl/α,β-unsaturated/α-hetero) is 1. The summed E-state index contributed by atoms with van der Waals surface area (Å²) in [5.41, 5.74) is 1.10. The highest BCUT2D eigenvalue weighted by molar-refractivity contribution is 6.06. The Morgan fingerprint density at radius 1 is 1.04 bits per heavy atom. The molecule has 0 spiro atoms. The predicted molar refractivity (Wildman–Crippen MR) is 103 cm³/mol. The lowest BCUT2D eigenvalue weighted by atomic mass is 9.68. The molecule has 4 heteroatoms. The minimum absolute atomic E-state index is 0.0371. The molecule has 0 aromatic heterocycles. The molecule has 140 valence electrons. The van der Waals surface area contributed by atoms with Crippen molar-refractivity contribution in [1.82, 2.24) is 4.90 Å². The van der Waals surface area contributed by atoms with Crippen LogP contribution in [-0.4, -0.2) is 35.8 Å². The van der Waals surface area contributed by atoms with Crippen LogP contribution in [0.2, 0.25) is 0 Å². The van der Waals surface area contributed by atoms with E-state index in [-0.39, 0.29) is 23.8 Å². The van der Waals surface area contributed by atoms with E-state index in [0.29, 0.717) is 12.8 Å². The number of methoxy groups -OCH3 is 1. The summed E-state index contributed by atoms with van der Waals surface area (Å²) in [5, 5.41) is 0. The molecule has 2 saturated heterocycles. The molecule has 2 aliphatic rings. The van der Waals surface area contributed by atoms with Crippen molar-refractivity contribution in [3.63, 3.8) is 0 Å². The van der Waals surface area contributed by atoms with Crippen molar-refractivity contribution in [2.45, 2.75) is 44.3 Å². The number of carbonyl (C=O) groups excluding carboxylic acids is 2. The number of hydrogen-bond acceptors (Lipinski definition) is 4. The van der Waals surface area contributed by atoms with Crippen LogP contribution in [0.25, 0.3) is 0 Å². The van der Waals surface area contributed by atoms with Gasteiger partial charge < -0.3 is 4.74 Å². The molecule has 2 aromatic carbocycles. The molecule has 27 heavy (non-hydrogen) atoms. The van der Waals surface area contributed by atoms with E-state index in [4.69, 9.17) is 4.74 Å². The summed E-state index contributed by atoms with van der Waals surface area (Å²) in [5.74, 6) is -0.352. The van der Waals surface area contributed by atoms with Gasteiger partial charge in [-0.1, -0.05) is 60.7 Å². The lowest BCUT2D eigenvalue weighted by Crippen LogP contribution is -2.61. The van der Waals surface area contributed by atoms with Crippen LogP contribution in [0.3, 0.4) is 0 Å². The largest absolute Gasteiger partial charge is 0.468 e. The Labute approximate surface area is 160 Å². The van der Waals surface area contributed by atoms with Crippen molar-refractivity contribution < 1.29 is 14.3 Å². The van der Waals surface area contributed by atoms with Crippen LogP contribution in [0.15, 0.2) is 60.7 Å². The summed E-state index contributed by atoms with van der Waals surface area (Å²) in [7, 11) is 1.39. The fraction of sp³-hybridized carbons (Fsp3) is 0.391. The predicted octanol–water partition coefficient (Wildman–Crippen LogP) is 3.39. The molecular weight excluding hydrogens is 338 g/mol. The number of nitrogens with zero attached hydrogens (tertiary/aromatic N) is 1. The van der Waals surface area contributed by atoms with E-state index in [9.17, 15) is 9.59 Å². The van der Waals surface area contributed by atoms with Crippen molar-refractivity contribution in [3.05, 3.63) is 71.8 Å². The lowest BCUT2D eigenvalue weighted by Gasteiger charge is -2.45. The number of ether oxygens (including phenoxy) is 1. The molecule has 0 radical (unpaired) electrons. The van der Waals surface area contributed by atoms with Gasteiger partial charge in [0.05, 0.1) is 7.11 Å². The molecule has 0 N–H and O–H groups in total. The molecule has 2 heterocycles. The smallest absolute Gasteiger partial charge is 0.321 e. The van der Waals surface area contributed by atoms with Crippen LogP contribution < -0.4 is 0 Å². The maximum absolute atomic E-state index is 13.3. The Bertz CT molecular complexity index is 820. The van der Waals surface area contributed by atoms with E-state index in [0.717, 1.165) is 24.9 Å². The normalized spacial score (nSPS) is 27.5. The zero-order valence-electron chi connectivity index (χ0n) is 15.6. The van der Waals surface area contributed by atoms with Gasteiger partial charge in [-0.2, -0.15) is 0 Å². The van der Waals surface area contributed by atoms with Gasteiger partial charge in [0.25, 0.3) is 0 Å². The second-order valence-corrected chi connectivity index (χ2v) is 7.66. The van der Waals surface area contributed by atoms with Crippen LogP contribution in [0.4, 0.5) is 0 Å². The van der Waals surface area contributed by atoms with E-state index in [1.807, 2.05) is 48.5 Å². The van der Waals surface area contributed by atoms with Gasteiger partial charge in [-0.3, -0.25) is 14.5 Å². The topological polar surface area (TPSA) is 46.6 Å². The Balaban J connectivity index is 1.72. The van der Waals surface area contributed by atoms with E-state index in [1.54, 1.807) is 0 Å². The van der Waals surface area contributed by atoms with Crippen LogP contribution >= 0.6 is 0 Å². The highest BCUT2D eigenvalue weighted by Crippen LogP contribution is 2.48. The number of piperidine rings is 1. The summed E-state index contributed by atoms with van der Waals surface area (Å²) in [6.07, 6.45) is 2.63. The first kappa shape index (κ1) is 17.9. The number of fused-ring (bicyclic) bond motifs is 2. The number of benzene rings is 2. The first-order valence-corrected chi connectivity index (χ1v) is 9.60. The maximum atomic E-state index is 13.3. The van der Waals surface area contributed by atoms with Crippen LogP contribution in [-0.2, 0) is 27.3 Å². The fourth-order valence-corrected chi connectivity index (χ4v) is 4.94. The van der Waals surface area contributed by atoms with Gasteiger partial charge in [-0.15, -0.1) is 0 Å². The molecule has 3 atom stereocenters. The van der Waals surface area contributed by atoms with E-state index < -0.39 is 5.41 Å². The standard InChI is InChI=1S/C23H25NO3/c1-27-22(26)23(15-17-8-4-2-5-9-17)20-13-12-19(14-21(23)25)24(20)16-18-10-6-3-7-11-18/h2-11,19-20H,12-16H2,1H3/t19-,20+,23-/m1/s1. The quantitative estimate of drug-likeness (QED) is 0.603. The number of rotatable bonds is 5. The van der Waals surface area contributed by atoms with Gasteiger partial charge in [-0.05, 0) is 30.4 Å². The molecule has 4 nitrogen and oxygen atoms in total. The van der Waals surface area contributed by atoms with Gasteiger partial charge in [0, 0.05) is 25.0 Å². The van der Waals surface area contributed by atoms with Gasteiger partial charge in [0.15, 0.2) is 5.78 Å². The van der Waals surface area contributed by atoms with Gasteiger partial charge in [-0.25, -0.2) is 0 Å². The Morgan fingerprint density at radius 2 is 1.67 bits per heavy atom. The molecule has 0 saturated carbocycles. The Kier molecular flexibility index (Phi) is 4.83. The Hall–Kier alpha value is -2.46. The van der Waals surface area contributed by atoms with Crippen molar-refractivity contribution in [2.75, 3.05) is 7.11 Å². The van der Waals surface area contributed by atoms with Gasteiger partial charge >= 0.3 is 5.97 Å². The molecule has 2 fully saturated rings. The summed E-state index contributed by atoms with van der Waals surface area (Å²) in [4.78, 5) is 28.6. The average Bonchev–Trinajstić information content (AvgIpc) is 3.02. The van der Waals surface area contributed by atoms with Crippen molar-refractivity contribution in [1.29, 1.82) is 0 Å². The van der Waals surface area contributed by atoms with Crippen molar-refractivity contribution >= 4 is 11.8 Å². The maximum Gasteiger partial charge on any atom is 0.321 e. The first-order chi connectivity index (χ1) is 13.1. The molecule has 4 rings (SSSR count). The number of hydrogen-bond donors (Lipinski definition) is 0. The molecule has 2 aliphatic heterocycles. The summed E-state index contributed by atoms with van der Waals surface area (Å²) >= 11 is 0. The third kappa shape index (κ3) is 3.08. The monoisotopic (exact) mass is 363 g/mol. The van der Waals surface area contributed by atoms with Crippen molar-refractivity contribution in [3.8, 4) is 0 Å². The third-order valence-corrected chi connectivity index (χ3v) is 6.21. The van der Waals surface area contributed by atoms with Crippen LogP contribution in [0.1, 0.15) is 30.4 Å². The summed E-state index contributed by atoms with van der Waals surface area (Å²) in [6.45, 7) is 0.761. The van der Waals surface area contributed by atoms with Crippen LogP contribution in [0.5, 0.6) is 0 Å². The lowest BCUT2D eigenvalue weighted by molar-refractivity contribution is -0.167. The van der Waals surface area contributed by atoms with Gasteiger partial charge in [0.2, 0.25) is 0 Å². The Morgan fingerprint density at radius 3 is 2.30 bits per heavy atom. The zero-order valence-corrected chi connectivity index (χ0v) is 15.6. The summed E-state index contributed by atoms with van der Waals surface area (Å²) < 4.78 is 5.20. The summed E-state index contributed by atoms with van der Waals surface area (Å²) in [6, 6.07) is 20.2.